The molecule has 3 aromatic rings. The van der Waals surface area contributed by atoms with E-state index >= 15 is 0 Å². The minimum atomic E-state index is -0.544. The number of hydrogen-bond acceptors (Lipinski definition) is 4. The Hall–Kier alpha value is -3.60. The Morgan fingerprint density at radius 2 is 1.86 bits per heavy atom. The molecule has 29 heavy (non-hydrogen) atoms. The number of carbonyl (C=O) groups is 1. The molecule has 0 saturated carbocycles. The maximum absolute atomic E-state index is 12.5. The number of hydrogen-bond donors (Lipinski definition) is 1. The molecule has 1 heterocycles. The van der Waals surface area contributed by atoms with Gasteiger partial charge in [0.1, 0.15) is 11.5 Å². The van der Waals surface area contributed by atoms with E-state index in [1.54, 1.807) is 13.3 Å². The number of benzene rings is 2. The fraction of sp³-hybridized carbons (Fsp3) is 0.167. The van der Waals surface area contributed by atoms with Gasteiger partial charge in [-0.15, -0.1) is 6.58 Å². The van der Waals surface area contributed by atoms with Crippen LogP contribution in [0.4, 0.5) is 0 Å². The van der Waals surface area contributed by atoms with Gasteiger partial charge in [-0.25, -0.2) is 9.78 Å². The van der Waals surface area contributed by atoms with Crippen LogP contribution in [0.5, 0.6) is 11.5 Å². The molecule has 0 aliphatic rings. The number of esters is 1. The van der Waals surface area contributed by atoms with E-state index in [4.69, 9.17) is 9.47 Å². The Labute approximate surface area is 170 Å². The lowest BCUT2D eigenvalue weighted by Gasteiger charge is -2.15. The predicted molar refractivity (Wildman–Crippen MR) is 115 cm³/mol. The second-order valence-electron chi connectivity index (χ2n) is 6.73. The van der Waals surface area contributed by atoms with Gasteiger partial charge in [0.15, 0.2) is 0 Å². The Bertz CT molecular complexity index is 1010. The van der Waals surface area contributed by atoms with Crippen molar-refractivity contribution in [2.75, 3.05) is 7.11 Å². The second-order valence-corrected chi connectivity index (χ2v) is 6.73. The predicted octanol–water partition coefficient (Wildman–Crippen LogP) is 5.32. The normalized spacial score (nSPS) is 10.8. The van der Waals surface area contributed by atoms with Gasteiger partial charge < -0.3 is 14.5 Å². The molecule has 0 atom stereocenters. The Balaban J connectivity index is 1.96. The van der Waals surface area contributed by atoms with Crippen molar-refractivity contribution in [3.05, 3.63) is 89.5 Å². The highest BCUT2D eigenvalue weighted by molar-refractivity contribution is 5.87. The van der Waals surface area contributed by atoms with Crippen LogP contribution in [0, 0.1) is 0 Å². The van der Waals surface area contributed by atoms with E-state index in [2.05, 4.69) is 16.5 Å². The zero-order chi connectivity index (χ0) is 20.6. The smallest absolute Gasteiger partial charge is 0.379 e. The standard InChI is InChI=1S/C24H24N2O3/c1-17(2)9-12-20-21(28-3)15-19(11-10-18-7-5-4-6-8-18)16-22(20)29-24(27)23-25-13-14-26-23/h4-8,10-11,13-16H,1,9,12H2,2-3H3,(H,25,26)/b11-10+. The van der Waals surface area contributed by atoms with E-state index in [1.165, 1.54) is 6.20 Å². The number of imidazole rings is 1. The maximum Gasteiger partial charge on any atom is 0.379 e. The summed E-state index contributed by atoms with van der Waals surface area (Å²) in [5, 5.41) is 0. The Kier molecular flexibility index (Phi) is 6.63. The van der Waals surface area contributed by atoms with Crippen LogP contribution >= 0.6 is 0 Å². The molecule has 5 heteroatoms. The second kappa shape index (κ2) is 9.55. The van der Waals surface area contributed by atoms with Crippen molar-refractivity contribution in [2.24, 2.45) is 0 Å². The van der Waals surface area contributed by atoms with Crippen molar-refractivity contribution in [3.8, 4) is 11.5 Å². The molecule has 0 fully saturated rings. The van der Waals surface area contributed by atoms with Crippen LogP contribution in [0.3, 0.4) is 0 Å². The first-order valence-corrected chi connectivity index (χ1v) is 9.37. The van der Waals surface area contributed by atoms with Crippen molar-refractivity contribution in [3.63, 3.8) is 0 Å². The number of nitrogens with zero attached hydrogens (tertiary/aromatic N) is 1. The van der Waals surface area contributed by atoms with Crippen molar-refractivity contribution in [1.29, 1.82) is 0 Å². The fourth-order valence-corrected chi connectivity index (χ4v) is 2.88. The lowest BCUT2D eigenvalue weighted by Crippen LogP contribution is -2.12. The molecule has 2 aromatic carbocycles. The number of rotatable bonds is 8. The summed E-state index contributed by atoms with van der Waals surface area (Å²) in [6, 6.07) is 13.8. The van der Waals surface area contributed by atoms with Gasteiger partial charge in [-0.05, 0) is 43.0 Å². The molecule has 0 spiro atoms. The number of ether oxygens (including phenoxy) is 2. The molecule has 148 valence electrons. The quantitative estimate of drug-likeness (QED) is 0.246. The van der Waals surface area contributed by atoms with Gasteiger partial charge in [-0.1, -0.05) is 48.1 Å². The first-order chi connectivity index (χ1) is 14.1. The van der Waals surface area contributed by atoms with Gasteiger partial charge in [0.25, 0.3) is 0 Å². The van der Waals surface area contributed by atoms with Crippen molar-refractivity contribution < 1.29 is 14.3 Å². The van der Waals surface area contributed by atoms with Crippen molar-refractivity contribution in [2.45, 2.75) is 19.8 Å². The zero-order valence-corrected chi connectivity index (χ0v) is 16.6. The number of aromatic amines is 1. The molecule has 1 N–H and O–H groups in total. The zero-order valence-electron chi connectivity index (χ0n) is 16.6. The van der Waals surface area contributed by atoms with E-state index in [-0.39, 0.29) is 5.82 Å². The van der Waals surface area contributed by atoms with Crippen molar-refractivity contribution in [1.82, 2.24) is 9.97 Å². The average Bonchev–Trinajstić information content (AvgIpc) is 3.26. The SMILES string of the molecule is C=C(C)CCc1c(OC)cc(/C=C/c2ccccc2)cc1OC(=O)c1ncc[nH]1. The summed E-state index contributed by atoms with van der Waals surface area (Å²) in [6.45, 7) is 5.93. The van der Waals surface area contributed by atoms with Crippen molar-refractivity contribution >= 4 is 18.1 Å². The van der Waals surface area contributed by atoms with Gasteiger partial charge >= 0.3 is 5.97 Å². The molecule has 0 bridgehead atoms. The highest BCUT2D eigenvalue weighted by Gasteiger charge is 2.18. The molecule has 0 unspecified atom stereocenters. The van der Waals surface area contributed by atoms with E-state index in [0.717, 1.165) is 28.7 Å². The third kappa shape index (κ3) is 5.45. The average molecular weight is 388 g/mol. The van der Waals surface area contributed by atoms with E-state index in [0.29, 0.717) is 17.9 Å². The minimum absolute atomic E-state index is 0.153. The van der Waals surface area contributed by atoms with E-state index in [9.17, 15) is 4.79 Å². The fourth-order valence-electron chi connectivity index (χ4n) is 2.88. The number of carbonyl (C=O) groups excluding carboxylic acids is 1. The van der Waals surface area contributed by atoms with Crippen LogP contribution in [0.15, 0.2) is 67.0 Å². The summed E-state index contributed by atoms with van der Waals surface area (Å²) in [5.41, 5.74) is 3.81. The van der Waals surface area contributed by atoms with Gasteiger partial charge in [0.05, 0.1) is 7.11 Å². The Morgan fingerprint density at radius 1 is 1.14 bits per heavy atom. The summed E-state index contributed by atoms with van der Waals surface area (Å²) in [4.78, 5) is 19.2. The molecule has 5 nitrogen and oxygen atoms in total. The molecular weight excluding hydrogens is 364 g/mol. The van der Waals surface area contributed by atoms with Crippen LogP contribution in [-0.2, 0) is 6.42 Å². The molecule has 0 radical (unpaired) electrons. The van der Waals surface area contributed by atoms with Gasteiger partial charge in [0, 0.05) is 18.0 Å². The molecule has 0 aliphatic carbocycles. The third-order valence-corrected chi connectivity index (χ3v) is 4.37. The van der Waals surface area contributed by atoms with Crippen LogP contribution in [0.1, 0.15) is 40.7 Å². The summed E-state index contributed by atoms with van der Waals surface area (Å²) in [7, 11) is 1.61. The highest BCUT2D eigenvalue weighted by Crippen LogP contribution is 2.33. The van der Waals surface area contributed by atoms with Crippen LogP contribution in [0.2, 0.25) is 0 Å². The highest BCUT2D eigenvalue weighted by atomic mass is 16.5. The number of methoxy groups -OCH3 is 1. The summed E-state index contributed by atoms with van der Waals surface area (Å²) < 4.78 is 11.3. The third-order valence-electron chi connectivity index (χ3n) is 4.37. The first kappa shape index (κ1) is 20.1. The van der Waals surface area contributed by atoms with Gasteiger partial charge in [-0.3, -0.25) is 0 Å². The maximum atomic E-state index is 12.5. The largest absolute Gasteiger partial charge is 0.496 e. The summed E-state index contributed by atoms with van der Waals surface area (Å²) >= 11 is 0. The lowest BCUT2D eigenvalue weighted by molar-refractivity contribution is 0.0721. The molecule has 0 aliphatic heterocycles. The minimum Gasteiger partial charge on any atom is -0.496 e. The molecule has 0 amide bonds. The summed E-state index contributed by atoms with van der Waals surface area (Å²) in [5.74, 6) is 0.737. The van der Waals surface area contributed by atoms with E-state index < -0.39 is 5.97 Å². The van der Waals surface area contributed by atoms with Crippen LogP contribution in [0.25, 0.3) is 12.2 Å². The number of nitrogens with one attached hydrogen (secondary N) is 1. The van der Waals surface area contributed by atoms with Gasteiger partial charge in [0.2, 0.25) is 5.82 Å². The Morgan fingerprint density at radius 3 is 2.52 bits per heavy atom. The monoisotopic (exact) mass is 388 g/mol. The first-order valence-electron chi connectivity index (χ1n) is 9.37. The van der Waals surface area contributed by atoms with Gasteiger partial charge in [-0.2, -0.15) is 0 Å². The van der Waals surface area contributed by atoms with Crippen LogP contribution < -0.4 is 9.47 Å². The molecule has 3 rings (SSSR count). The number of aromatic nitrogens is 2. The number of H-pyrrole nitrogens is 1. The summed E-state index contributed by atoms with van der Waals surface area (Å²) in [6.07, 6.45) is 8.48. The molecule has 0 saturated heterocycles. The number of allylic oxidation sites excluding steroid dienone is 1. The topological polar surface area (TPSA) is 64.2 Å². The van der Waals surface area contributed by atoms with Crippen LogP contribution in [-0.4, -0.2) is 23.0 Å². The lowest BCUT2D eigenvalue weighted by atomic mass is 10.0. The molecular formula is C24H24N2O3. The van der Waals surface area contributed by atoms with E-state index in [1.807, 2.05) is 61.5 Å². The molecule has 1 aromatic heterocycles.